The Morgan fingerprint density at radius 3 is 2.76 bits per heavy atom. The number of methoxy groups -OCH3 is 2. The van der Waals surface area contributed by atoms with E-state index < -0.39 is 0 Å². The predicted molar refractivity (Wildman–Crippen MR) is 86.7 cm³/mol. The van der Waals surface area contributed by atoms with Crippen LogP contribution in [0, 0.1) is 0 Å². The minimum Gasteiger partial charge on any atom is -0.398 e. The van der Waals surface area contributed by atoms with Gasteiger partial charge in [0.1, 0.15) is 0 Å². The van der Waals surface area contributed by atoms with E-state index in [2.05, 4.69) is 16.8 Å². The lowest BCUT2D eigenvalue weighted by molar-refractivity contribution is 0.171. The molecule has 2 aromatic rings. The number of pyridine rings is 1. The summed E-state index contributed by atoms with van der Waals surface area (Å²) in [5.41, 5.74) is 8.77. The number of anilines is 2. The van der Waals surface area contributed by atoms with Crippen molar-refractivity contribution < 1.29 is 9.47 Å². The molecule has 5 nitrogen and oxygen atoms in total. The molecule has 1 aromatic heterocycles. The van der Waals surface area contributed by atoms with Crippen molar-refractivity contribution in [2.75, 3.05) is 44.6 Å². The lowest BCUT2D eigenvalue weighted by atomic mass is 10.1. The lowest BCUT2D eigenvalue weighted by Crippen LogP contribution is -2.38. The van der Waals surface area contributed by atoms with Crippen molar-refractivity contribution in [1.29, 1.82) is 0 Å². The summed E-state index contributed by atoms with van der Waals surface area (Å²) < 4.78 is 10.5. The lowest BCUT2D eigenvalue weighted by Gasteiger charge is -2.31. The van der Waals surface area contributed by atoms with Crippen LogP contribution >= 0.6 is 0 Å². The van der Waals surface area contributed by atoms with Crippen molar-refractivity contribution in [3.05, 3.63) is 30.5 Å². The summed E-state index contributed by atoms with van der Waals surface area (Å²) in [4.78, 5) is 6.76. The van der Waals surface area contributed by atoms with Gasteiger partial charge in [0.15, 0.2) is 0 Å². The van der Waals surface area contributed by atoms with Gasteiger partial charge in [-0.25, -0.2) is 0 Å². The molecule has 0 amide bonds. The van der Waals surface area contributed by atoms with Crippen LogP contribution in [0.25, 0.3) is 10.9 Å². The standard InChI is InChI=1S/C16H23N3O2/c1-12(11-21-3)19(9-10-20-2)15-7-6-14(17)13-5-4-8-18-16(13)15/h4-8,12H,9-11,17H2,1-3H3. The van der Waals surface area contributed by atoms with Crippen LogP contribution in [0.15, 0.2) is 30.5 Å². The van der Waals surface area contributed by atoms with Crippen LogP contribution in [0.3, 0.4) is 0 Å². The monoisotopic (exact) mass is 289 g/mol. The van der Waals surface area contributed by atoms with Crippen molar-refractivity contribution in [3.8, 4) is 0 Å². The van der Waals surface area contributed by atoms with Gasteiger partial charge in [-0.15, -0.1) is 0 Å². The molecule has 0 aliphatic carbocycles. The Labute approximate surface area is 125 Å². The van der Waals surface area contributed by atoms with Gasteiger partial charge in [-0.3, -0.25) is 4.98 Å². The third-order valence-corrected chi connectivity index (χ3v) is 3.57. The van der Waals surface area contributed by atoms with Gasteiger partial charge in [0.25, 0.3) is 0 Å². The number of benzene rings is 1. The van der Waals surface area contributed by atoms with E-state index in [0.29, 0.717) is 13.2 Å². The number of hydrogen-bond donors (Lipinski definition) is 1. The molecular weight excluding hydrogens is 266 g/mol. The first kappa shape index (κ1) is 15.5. The number of rotatable bonds is 7. The number of nitrogens with zero attached hydrogens (tertiary/aromatic N) is 2. The maximum atomic E-state index is 6.05. The highest BCUT2D eigenvalue weighted by Gasteiger charge is 2.18. The Hall–Kier alpha value is -1.85. The van der Waals surface area contributed by atoms with Crippen molar-refractivity contribution >= 4 is 22.3 Å². The molecule has 1 heterocycles. The van der Waals surface area contributed by atoms with E-state index in [1.165, 1.54) is 0 Å². The Morgan fingerprint density at radius 2 is 2.05 bits per heavy atom. The van der Waals surface area contributed by atoms with E-state index in [4.69, 9.17) is 15.2 Å². The summed E-state index contributed by atoms with van der Waals surface area (Å²) in [7, 11) is 3.42. The molecule has 5 heteroatoms. The Kier molecular flexibility index (Phi) is 5.36. The molecule has 1 unspecified atom stereocenters. The van der Waals surface area contributed by atoms with Gasteiger partial charge >= 0.3 is 0 Å². The summed E-state index contributed by atoms with van der Waals surface area (Å²) in [6.45, 7) is 4.19. The molecule has 0 aliphatic rings. The van der Waals surface area contributed by atoms with Crippen LogP contribution in [0.1, 0.15) is 6.92 Å². The van der Waals surface area contributed by atoms with Crippen LogP contribution in [-0.4, -0.2) is 45.0 Å². The Bertz CT molecular complexity index is 589. The van der Waals surface area contributed by atoms with Crippen LogP contribution in [-0.2, 0) is 9.47 Å². The number of ether oxygens (including phenoxy) is 2. The molecular formula is C16H23N3O2. The third-order valence-electron chi connectivity index (χ3n) is 3.57. The molecule has 0 aliphatic heterocycles. The average molecular weight is 289 g/mol. The Morgan fingerprint density at radius 1 is 1.24 bits per heavy atom. The van der Waals surface area contributed by atoms with Gasteiger partial charge in [0, 0.05) is 44.1 Å². The number of nitrogens with two attached hydrogens (primary N) is 1. The van der Waals surface area contributed by atoms with Crippen LogP contribution in [0.2, 0.25) is 0 Å². The molecule has 1 atom stereocenters. The quantitative estimate of drug-likeness (QED) is 0.793. The van der Waals surface area contributed by atoms with Gasteiger partial charge < -0.3 is 20.1 Å². The van der Waals surface area contributed by atoms with E-state index >= 15 is 0 Å². The highest BCUT2D eigenvalue weighted by atomic mass is 16.5. The van der Waals surface area contributed by atoms with Gasteiger partial charge in [-0.2, -0.15) is 0 Å². The largest absolute Gasteiger partial charge is 0.398 e. The topological polar surface area (TPSA) is 60.6 Å². The fraction of sp³-hybridized carbons (Fsp3) is 0.438. The van der Waals surface area contributed by atoms with Crippen LogP contribution in [0.5, 0.6) is 0 Å². The summed E-state index contributed by atoms with van der Waals surface area (Å²) in [5, 5.41) is 0.974. The highest BCUT2D eigenvalue weighted by molar-refractivity contribution is 5.98. The first-order valence-corrected chi connectivity index (χ1v) is 7.06. The second kappa shape index (κ2) is 7.24. The summed E-state index contributed by atoms with van der Waals surface area (Å²) in [6, 6.07) is 8.07. The van der Waals surface area contributed by atoms with Crippen molar-refractivity contribution in [2.24, 2.45) is 0 Å². The zero-order chi connectivity index (χ0) is 15.2. The summed E-state index contributed by atoms with van der Waals surface area (Å²) in [5.74, 6) is 0. The van der Waals surface area contributed by atoms with E-state index in [1.807, 2.05) is 24.3 Å². The molecule has 1 aromatic carbocycles. The number of fused-ring (bicyclic) bond motifs is 1. The van der Waals surface area contributed by atoms with Crippen molar-refractivity contribution in [1.82, 2.24) is 4.98 Å². The SMILES string of the molecule is COCCN(c1ccc(N)c2cccnc12)C(C)COC. The minimum atomic E-state index is 0.221. The maximum absolute atomic E-state index is 6.05. The number of nitrogen functional groups attached to an aromatic ring is 1. The predicted octanol–water partition coefficient (Wildman–Crippen LogP) is 2.30. The van der Waals surface area contributed by atoms with Crippen LogP contribution in [0.4, 0.5) is 11.4 Å². The van der Waals surface area contributed by atoms with E-state index in [1.54, 1.807) is 20.4 Å². The highest BCUT2D eigenvalue weighted by Crippen LogP contribution is 2.30. The summed E-state index contributed by atoms with van der Waals surface area (Å²) in [6.07, 6.45) is 1.79. The van der Waals surface area contributed by atoms with E-state index in [9.17, 15) is 0 Å². The molecule has 0 saturated carbocycles. The number of hydrogen-bond acceptors (Lipinski definition) is 5. The molecule has 114 valence electrons. The molecule has 0 saturated heterocycles. The molecule has 0 fully saturated rings. The molecule has 0 radical (unpaired) electrons. The third kappa shape index (κ3) is 3.43. The zero-order valence-corrected chi connectivity index (χ0v) is 12.9. The van der Waals surface area contributed by atoms with Gasteiger partial charge in [0.2, 0.25) is 0 Å². The molecule has 2 rings (SSSR count). The van der Waals surface area contributed by atoms with Gasteiger partial charge in [-0.1, -0.05) is 0 Å². The zero-order valence-electron chi connectivity index (χ0n) is 12.9. The van der Waals surface area contributed by atoms with Gasteiger partial charge in [-0.05, 0) is 31.2 Å². The van der Waals surface area contributed by atoms with E-state index in [0.717, 1.165) is 28.8 Å². The maximum Gasteiger partial charge on any atom is 0.0956 e. The van der Waals surface area contributed by atoms with Crippen LogP contribution < -0.4 is 10.6 Å². The molecule has 0 bridgehead atoms. The smallest absolute Gasteiger partial charge is 0.0956 e. The minimum absolute atomic E-state index is 0.221. The normalized spacial score (nSPS) is 12.5. The summed E-state index contributed by atoms with van der Waals surface area (Å²) >= 11 is 0. The van der Waals surface area contributed by atoms with Gasteiger partial charge in [0.05, 0.1) is 24.4 Å². The second-order valence-corrected chi connectivity index (χ2v) is 5.06. The molecule has 2 N–H and O–H groups in total. The van der Waals surface area contributed by atoms with Crippen molar-refractivity contribution in [3.63, 3.8) is 0 Å². The van der Waals surface area contributed by atoms with Crippen molar-refractivity contribution in [2.45, 2.75) is 13.0 Å². The number of aromatic nitrogens is 1. The second-order valence-electron chi connectivity index (χ2n) is 5.06. The molecule has 21 heavy (non-hydrogen) atoms. The van der Waals surface area contributed by atoms with E-state index in [-0.39, 0.29) is 6.04 Å². The Balaban J connectivity index is 2.46. The first-order chi connectivity index (χ1) is 10.2. The fourth-order valence-electron chi connectivity index (χ4n) is 2.51. The fourth-order valence-corrected chi connectivity index (χ4v) is 2.51. The average Bonchev–Trinajstić information content (AvgIpc) is 2.50. The molecule has 0 spiro atoms. The first-order valence-electron chi connectivity index (χ1n) is 7.06.